The van der Waals surface area contributed by atoms with E-state index < -0.39 is 22.8 Å². The smallest absolute Gasteiger partial charge is 0.253 e. The third kappa shape index (κ3) is 6.80. The van der Waals surface area contributed by atoms with E-state index in [-0.39, 0.29) is 13.1 Å². The number of carbonyl (C=O) groups excluding carboxylic acids is 2. The molecule has 150 valence electrons. The molecule has 0 spiro atoms. The number of nitrogens with one attached hydrogen (secondary N) is 2. The highest BCUT2D eigenvalue weighted by Crippen LogP contribution is 2.14. The first kappa shape index (κ1) is 22.2. The largest absolute Gasteiger partial charge is 0.350 e. The van der Waals surface area contributed by atoms with E-state index in [1.54, 1.807) is 0 Å². The lowest BCUT2D eigenvalue weighted by Gasteiger charge is -2.29. The number of nitrogens with zero attached hydrogens (tertiary/aromatic N) is 1. The molecule has 2 atom stereocenters. The molecule has 0 aliphatic carbocycles. The van der Waals surface area contributed by atoms with Crippen molar-refractivity contribution in [1.82, 2.24) is 15.5 Å². The molecule has 0 fully saturated rings. The van der Waals surface area contributed by atoms with Crippen LogP contribution in [0.25, 0.3) is 0 Å². The van der Waals surface area contributed by atoms with Crippen molar-refractivity contribution in [3.8, 4) is 0 Å². The van der Waals surface area contributed by atoms with Crippen molar-refractivity contribution in [2.75, 3.05) is 13.1 Å². The summed E-state index contributed by atoms with van der Waals surface area (Å²) >= 11 is 12.6. The van der Waals surface area contributed by atoms with Crippen molar-refractivity contribution in [3.05, 3.63) is 71.8 Å². The van der Waals surface area contributed by atoms with Gasteiger partial charge in [-0.2, -0.15) is 0 Å². The number of alkyl halides is 2. The number of amides is 2. The number of benzene rings is 2. The van der Waals surface area contributed by atoms with Crippen LogP contribution >= 0.6 is 23.2 Å². The van der Waals surface area contributed by atoms with E-state index in [0.29, 0.717) is 13.1 Å². The van der Waals surface area contributed by atoms with Crippen LogP contribution in [0, 0.1) is 0 Å². The van der Waals surface area contributed by atoms with Crippen molar-refractivity contribution in [3.63, 3.8) is 0 Å². The Bertz CT molecular complexity index is 685. The fraction of sp³-hybridized carbons (Fsp3) is 0.300. The molecule has 6 nitrogen and oxygen atoms in total. The molecular weight excluding hydrogens is 399 g/mol. The maximum Gasteiger partial charge on any atom is 0.253 e. The molecule has 2 aromatic carbocycles. The Morgan fingerprint density at radius 2 is 1.21 bits per heavy atom. The number of nitrogens with two attached hydrogens (primary N) is 1. The zero-order valence-corrected chi connectivity index (χ0v) is 16.9. The SMILES string of the molecule is NCCN(C(Cl)C(=O)NCc1ccccc1)C(Cl)C(=O)NCc1ccccc1. The van der Waals surface area contributed by atoms with Gasteiger partial charge in [-0.1, -0.05) is 83.9 Å². The first-order chi connectivity index (χ1) is 13.5. The minimum atomic E-state index is -1.13. The topological polar surface area (TPSA) is 87.5 Å². The predicted molar refractivity (Wildman–Crippen MR) is 112 cm³/mol. The predicted octanol–water partition coefficient (Wildman–Crippen LogP) is 2.01. The normalized spacial score (nSPS) is 13.0. The van der Waals surface area contributed by atoms with Crippen molar-refractivity contribution in [2.24, 2.45) is 5.73 Å². The lowest BCUT2D eigenvalue weighted by atomic mass is 10.2. The Labute approximate surface area is 175 Å². The highest BCUT2D eigenvalue weighted by atomic mass is 35.5. The zero-order chi connectivity index (χ0) is 20.4. The van der Waals surface area contributed by atoms with Gasteiger partial charge in [0.25, 0.3) is 11.8 Å². The Hall–Kier alpha value is -2.12. The highest BCUT2D eigenvalue weighted by Gasteiger charge is 2.32. The van der Waals surface area contributed by atoms with Crippen molar-refractivity contribution >= 4 is 35.0 Å². The second kappa shape index (κ2) is 11.7. The Morgan fingerprint density at radius 3 is 1.57 bits per heavy atom. The van der Waals surface area contributed by atoms with Gasteiger partial charge in [0.05, 0.1) is 0 Å². The Balaban J connectivity index is 1.92. The lowest BCUT2D eigenvalue weighted by molar-refractivity contribution is -0.127. The van der Waals surface area contributed by atoms with Gasteiger partial charge in [-0.05, 0) is 11.1 Å². The maximum atomic E-state index is 12.4. The van der Waals surface area contributed by atoms with Gasteiger partial charge in [-0.3, -0.25) is 14.5 Å². The Morgan fingerprint density at radius 1 is 0.821 bits per heavy atom. The fourth-order valence-electron chi connectivity index (χ4n) is 2.53. The lowest BCUT2D eigenvalue weighted by Crippen LogP contribution is -2.53. The molecule has 2 rings (SSSR count). The van der Waals surface area contributed by atoms with Crippen LogP contribution in [-0.4, -0.2) is 40.8 Å². The Kier molecular flexibility index (Phi) is 9.23. The van der Waals surface area contributed by atoms with Gasteiger partial charge in [0.15, 0.2) is 11.0 Å². The minimum Gasteiger partial charge on any atom is -0.350 e. The third-order valence-corrected chi connectivity index (χ3v) is 4.92. The second-order valence-electron chi connectivity index (χ2n) is 6.10. The van der Waals surface area contributed by atoms with Gasteiger partial charge in [0.2, 0.25) is 0 Å². The molecule has 0 aliphatic heterocycles. The minimum absolute atomic E-state index is 0.194. The number of carbonyl (C=O) groups is 2. The monoisotopic (exact) mass is 422 g/mol. The summed E-state index contributed by atoms with van der Waals surface area (Å²) in [6.07, 6.45) is 0. The first-order valence-electron chi connectivity index (χ1n) is 8.90. The molecule has 0 saturated carbocycles. The van der Waals surface area contributed by atoms with Crippen LogP contribution in [0.2, 0.25) is 0 Å². The molecule has 0 aliphatic rings. The number of rotatable bonds is 10. The summed E-state index contributed by atoms with van der Waals surface area (Å²) in [6.45, 7) is 1.04. The van der Waals surface area contributed by atoms with Crippen LogP contribution in [0.5, 0.6) is 0 Å². The van der Waals surface area contributed by atoms with E-state index in [1.165, 1.54) is 4.90 Å². The molecule has 4 N–H and O–H groups in total. The van der Waals surface area contributed by atoms with Crippen LogP contribution in [0.1, 0.15) is 11.1 Å². The van der Waals surface area contributed by atoms with Gasteiger partial charge in [-0.15, -0.1) is 0 Å². The maximum absolute atomic E-state index is 12.4. The van der Waals surface area contributed by atoms with Crippen LogP contribution < -0.4 is 16.4 Å². The fourth-order valence-corrected chi connectivity index (χ4v) is 3.16. The van der Waals surface area contributed by atoms with E-state index in [4.69, 9.17) is 28.9 Å². The standard InChI is InChI=1S/C20H24Cl2N4O2/c21-17(19(27)24-13-15-7-3-1-4-8-15)26(12-11-23)18(22)20(28)25-14-16-9-5-2-6-10-16/h1-10,17-18H,11-14,23H2,(H,24,27)(H,25,28). The van der Waals surface area contributed by atoms with Gasteiger partial charge in [0, 0.05) is 26.2 Å². The van der Waals surface area contributed by atoms with Crippen LogP contribution in [0.4, 0.5) is 0 Å². The van der Waals surface area contributed by atoms with E-state index in [9.17, 15) is 9.59 Å². The second-order valence-corrected chi connectivity index (χ2v) is 6.93. The summed E-state index contributed by atoms with van der Waals surface area (Å²) in [4.78, 5) is 26.2. The van der Waals surface area contributed by atoms with Gasteiger partial charge in [0.1, 0.15) is 0 Å². The quantitative estimate of drug-likeness (QED) is 0.403. The molecule has 8 heteroatoms. The number of hydrogen-bond acceptors (Lipinski definition) is 4. The van der Waals surface area contributed by atoms with Crippen LogP contribution in [0.15, 0.2) is 60.7 Å². The molecule has 28 heavy (non-hydrogen) atoms. The van der Waals surface area contributed by atoms with Crippen LogP contribution in [0.3, 0.4) is 0 Å². The summed E-state index contributed by atoms with van der Waals surface area (Å²) in [5, 5.41) is 5.49. The highest BCUT2D eigenvalue weighted by molar-refractivity contribution is 6.33. The van der Waals surface area contributed by atoms with Gasteiger partial charge >= 0.3 is 0 Å². The van der Waals surface area contributed by atoms with Crippen molar-refractivity contribution in [2.45, 2.75) is 24.1 Å². The average molecular weight is 423 g/mol. The zero-order valence-electron chi connectivity index (χ0n) is 15.4. The third-order valence-electron chi connectivity index (χ3n) is 4.02. The van der Waals surface area contributed by atoms with E-state index in [1.807, 2.05) is 60.7 Å². The molecule has 2 aromatic rings. The molecule has 2 amide bonds. The molecular formula is C20H24Cl2N4O2. The summed E-state index contributed by atoms with van der Waals surface area (Å²) in [6, 6.07) is 18.9. The molecule has 0 bridgehead atoms. The summed E-state index contributed by atoms with van der Waals surface area (Å²) in [5.74, 6) is -0.888. The molecule has 0 aromatic heterocycles. The van der Waals surface area contributed by atoms with Crippen molar-refractivity contribution in [1.29, 1.82) is 0 Å². The van der Waals surface area contributed by atoms with Gasteiger partial charge in [-0.25, -0.2) is 0 Å². The average Bonchev–Trinajstić information content (AvgIpc) is 2.74. The van der Waals surface area contributed by atoms with Gasteiger partial charge < -0.3 is 16.4 Å². The summed E-state index contributed by atoms with van der Waals surface area (Å²) < 4.78 is 0. The van der Waals surface area contributed by atoms with Crippen LogP contribution in [-0.2, 0) is 22.7 Å². The van der Waals surface area contributed by atoms with E-state index >= 15 is 0 Å². The van der Waals surface area contributed by atoms with E-state index in [0.717, 1.165) is 11.1 Å². The van der Waals surface area contributed by atoms with Crippen molar-refractivity contribution < 1.29 is 9.59 Å². The first-order valence-corrected chi connectivity index (χ1v) is 9.77. The molecule has 0 saturated heterocycles. The summed E-state index contributed by atoms with van der Waals surface area (Å²) in [5.41, 5.74) is 5.23. The number of halogens is 2. The molecule has 0 radical (unpaired) electrons. The molecule has 0 heterocycles. The van der Waals surface area contributed by atoms with E-state index in [2.05, 4.69) is 10.6 Å². The molecule has 2 unspecified atom stereocenters. The number of hydrogen-bond donors (Lipinski definition) is 3. The summed E-state index contributed by atoms with van der Waals surface area (Å²) in [7, 11) is 0.